The Morgan fingerprint density at radius 1 is 1.32 bits per heavy atom. The van der Waals surface area contributed by atoms with Crippen LogP contribution in [0.15, 0.2) is 22.0 Å². The van der Waals surface area contributed by atoms with Crippen LogP contribution >= 0.6 is 11.3 Å². The van der Waals surface area contributed by atoms with Gasteiger partial charge in [-0.3, -0.25) is 9.59 Å². The lowest BCUT2D eigenvalue weighted by Crippen LogP contribution is -2.46. The highest BCUT2D eigenvalue weighted by atomic mass is 32.1. The van der Waals surface area contributed by atoms with Gasteiger partial charge in [0.05, 0.1) is 4.88 Å². The number of rotatable bonds is 9. The third kappa shape index (κ3) is 6.87. The number of piperidine rings is 1. The van der Waals surface area contributed by atoms with Crippen LogP contribution in [0.2, 0.25) is 0 Å². The zero-order chi connectivity index (χ0) is 22.4. The monoisotopic (exact) mass is 447 g/mol. The van der Waals surface area contributed by atoms with Crippen LogP contribution in [0.3, 0.4) is 0 Å². The molecule has 0 aromatic carbocycles. The molecule has 1 fully saturated rings. The van der Waals surface area contributed by atoms with E-state index in [2.05, 4.69) is 34.2 Å². The molecule has 0 spiro atoms. The summed E-state index contributed by atoms with van der Waals surface area (Å²) in [7, 11) is 4.08. The SMILES string of the molecule is CN(C)CC(C)(C)CNC(=O)C1CCN(C(=O)CCc2nc(-c3cccs3)no2)CC1. The first kappa shape index (κ1) is 23.4. The lowest BCUT2D eigenvalue weighted by atomic mass is 9.91. The van der Waals surface area contributed by atoms with Crippen molar-refractivity contribution in [2.45, 2.75) is 39.5 Å². The topological polar surface area (TPSA) is 91.6 Å². The number of carbonyl (C=O) groups excluding carboxylic acids is 2. The van der Waals surface area contributed by atoms with Gasteiger partial charge < -0.3 is 19.6 Å². The van der Waals surface area contributed by atoms with E-state index >= 15 is 0 Å². The fourth-order valence-corrected chi connectivity index (χ4v) is 4.66. The van der Waals surface area contributed by atoms with E-state index in [9.17, 15) is 9.59 Å². The van der Waals surface area contributed by atoms with Crippen molar-refractivity contribution in [2.75, 3.05) is 40.3 Å². The number of thiophene rings is 1. The maximum Gasteiger partial charge on any atom is 0.227 e. The number of hydrogen-bond donors (Lipinski definition) is 1. The first-order chi connectivity index (χ1) is 14.7. The second-order valence-corrected chi connectivity index (χ2v) is 10.2. The van der Waals surface area contributed by atoms with Crippen molar-refractivity contribution in [1.82, 2.24) is 25.3 Å². The Balaban J connectivity index is 1.39. The molecule has 1 aliphatic rings. The minimum absolute atomic E-state index is 0.0218. The van der Waals surface area contributed by atoms with Gasteiger partial charge in [0, 0.05) is 44.9 Å². The van der Waals surface area contributed by atoms with Crippen LogP contribution in [0.4, 0.5) is 0 Å². The first-order valence-electron chi connectivity index (χ1n) is 10.8. The van der Waals surface area contributed by atoms with Crippen LogP contribution < -0.4 is 5.32 Å². The van der Waals surface area contributed by atoms with Gasteiger partial charge in [-0.05, 0) is 43.8 Å². The van der Waals surface area contributed by atoms with Gasteiger partial charge in [0.15, 0.2) is 0 Å². The van der Waals surface area contributed by atoms with Crippen LogP contribution in [0.25, 0.3) is 10.7 Å². The molecule has 0 unspecified atom stereocenters. The van der Waals surface area contributed by atoms with Gasteiger partial charge in [-0.15, -0.1) is 11.3 Å². The van der Waals surface area contributed by atoms with Gasteiger partial charge in [0.2, 0.25) is 23.5 Å². The molecule has 3 heterocycles. The maximum absolute atomic E-state index is 12.6. The van der Waals surface area contributed by atoms with Crippen molar-refractivity contribution in [3.05, 3.63) is 23.4 Å². The van der Waals surface area contributed by atoms with Crippen molar-refractivity contribution in [3.63, 3.8) is 0 Å². The molecule has 0 bridgehead atoms. The van der Waals surface area contributed by atoms with Crippen molar-refractivity contribution in [1.29, 1.82) is 0 Å². The van der Waals surface area contributed by atoms with E-state index in [1.807, 2.05) is 36.5 Å². The molecule has 8 nitrogen and oxygen atoms in total. The van der Waals surface area contributed by atoms with Gasteiger partial charge in [0.25, 0.3) is 0 Å². The minimum Gasteiger partial charge on any atom is -0.355 e. The standard InChI is InChI=1S/C22H33N5O3S/c1-22(2,15-26(3)4)14-23-21(29)16-9-11-27(12-10-16)19(28)8-7-18-24-20(25-30-18)17-6-5-13-31-17/h5-6,13,16H,7-12,14-15H2,1-4H3,(H,23,29). The number of nitrogens with zero attached hydrogens (tertiary/aromatic N) is 4. The Kier molecular flexibility index (Phi) is 7.83. The molecule has 0 saturated carbocycles. The number of likely N-dealkylation sites (tertiary alicyclic amines) is 1. The quantitative estimate of drug-likeness (QED) is 0.635. The first-order valence-corrected chi connectivity index (χ1v) is 11.7. The second-order valence-electron chi connectivity index (χ2n) is 9.26. The highest BCUT2D eigenvalue weighted by Crippen LogP contribution is 2.22. The summed E-state index contributed by atoms with van der Waals surface area (Å²) in [5.74, 6) is 1.20. The van der Waals surface area contributed by atoms with Crippen LogP contribution in [-0.2, 0) is 16.0 Å². The van der Waals surface area contributed by atoms with E-state index < -0.39 is 0 Å². The number of carbonyl (C=O) groups is 2. The molecule has 9 heteroatoms. The number of nitrogens with one attached hydrogen (secondary N) is 1. The number of aryl methyl sites for hydroxylation is 1. The van der Waals surface area contributed by atoms with E-state index in [1.165, 1.54) is 0 Å². The Hall–Kier alpha value is -2.26. The third-order valence-electron chi connectivity index (χ3n) is 5.47. The predicted octanol–water partition coefficient (Wildman–Crippen LogP) is 2.67. The van der Waals surface area contributed by atoms with Gasteiger partial charge in [-0.25, -0.2) is 0 Å². The average molecular weight is 448 g/mol. The van der Waals surface area contributed by atoms with Crippen molar-refractivity contribution < 1.29 is 14.1 Å². The Morgan fingerprint density at radius 2 is 2.06 bits per heavy atom. The molecule has 1 N–H and O–H groups in total. The number of hydrogen-bond acceptors (Lipinski definition) is 7. The maximum atomic E-state index is 12.6. The Bertz CT molecular complexity index is 854. The summed E-state index contributed by atoms with van der Waals surface area (Å²) in [6, 6.07) is 3.88. The molecule has 0 radical (unpaired) electrons. The Morgan fingerprint density at radius 3 is 2.71 bits per heavy atom. The van der Waals surface area contributed by atoms with Crippen molar-refractivity contribution in [3.8, 4) is 10.7 Å². The van der Waals surface area contributed by atoms with Crippen molar-refractivity contribution >= 4 is 23.2 Å². The smallest absolute Gasteiger partial charge is 0.227 e. The molecule has 1 saturated heterocycles. The number of amides is 2. The Labute approximate surface area is 188 Å². The highest BCUT2D eigenvalue weighted by Gasteiger charge is 2.28. The van der Waals surface area contributed by atoms with Crippen LogP contribution in [-0.4, -0.2) is 72.0 Å². The molecule has 1 aliphatic heterocycles. The van der Waals surface area contributed by atoms with E-state index in [0.717, 1.165) is 11.4 Å². The molecule has 0 atom stereocenters. The third-order valence-corrected chi connectivity index (χ3v) is 6.33. The van der Waals surface area contributed by atoms with Crippen LogP contribution in [0.1, 0.15) is 39.0 Å². The molecule has 2 aromatic rings. The molecule has 2 aromatic heterocycles. The van der Waals surface area contributed by atoms with Gasteiger partial charge in [0.1, 0.15) is 0 Å². The normalized spacial score (nSPS) is 15.5. The fourth-order valence-electron chi connectivity index (χ4n) is 4.01. The largest absolute Gasteiger partial charge is 0.355 e. The molecular weight excluding hydrogens is 414 g/mol. The molecule has 0 aliphatic carbocycles. The molecular formula is C22H33N5O3S. The summed E-state index contributed by atoms with van der Waals surface area (Å²) in [6.45, 7) is 7.10. The summed E-state index contributed by atoms with van der Waals surface area (Å²) in [5, 5.41) is 9.05. The second kappa shape index (κ2) is 10.4. The van der Waals surface area contributed by atoms with Crippen LogP contribution in [0.5, 0.6) is 0 Å². The summed E-state index contributed by atoms with van der Waals surface area (Å²) in [6.07, 6.45) is 2.17. The number of aromatic nitrogens is 2. The fraction of sp³-hybridized carbons (Fsp3) is 0.636. The summed E-state index contributed by atoms with van der Waals surface area (Å²) < 4.78 is 5.27. The summed E-state index contributed by atoms with van der Waals surface area (Å²) in [4.78, 5) is 34.4. The minimum atomic E-state index is -0.0245. The van der Waals surface area contributed by atoms with E-state index in [-0.39, 0.29) is 23.1 Å². The highest BCUT2D eigenvalue weighted by molar-refractivity contribution is 7.13. The molecule has 170 valence electrons. The average Bonchev–Trinajstić information content (AvgIpc) is 3.41. The van der Waals surface area contributed by atoms with E-state index in [1.54, 1.807) is 11.3 Å². The lowest BCUT2D eigenvalue weighted by Gasteiger charge is -2.33. The summed E-state index contributed by atoms with van der Waals surface area (Å²) >= 11 is 1.55. The van der Waals surface area contributed by atoms with E-state index in [4.69, 9.17) is 4.52 Å². The molecule has 2 amide bonds. The zero-order valence-electron chi connectivity index (χ0n) is 18.9. The molecule has 3 rings (SSSR count). The van der Waals surface area contributed by atoms with Crippen LogP contribution in [0, 0.1) is 11.3 Å². The van der Waals surface area contributed by atoms with Crippen molar-refractivity contribution in [2.24, 2.45) is 11.3 Å². The van der Waals surface area contributed by atoms with Gasteiger partial charge >= 0.3 is 0 Å². The predicted molar refractivity (Wildman–Crippen MR) is 121 cm³/mol. The summed E-state index contributed by atoms with van der Waals surface area (Å²) in [5.41, 5.74) is 0.0218. The van der Waals surface area contributed by atoms with E-state index in [0.29, 0.717) is 57.0 Å². The lowest BCUT2D eigenvalue weighted by molar-refractivity contribution is -0.135. The zero-order valence-corrected chi connectivity index (χ0v) is 19.7. The van der Waals surface area contributed by atoms with Gasteiger partial charge in [-0.2, -0.15) is 4.98 Å². The van der Waals surface area contributed by atoms with Gasteiger partial charge in [-0.1, -0.05) is 25.1 Å². The molecule has 31 heavy (non-hydrogen) atoms.